The summed E-state index contributed by atoms with van der Waals surface area (Å²) in [6.07, 6.45) is 0. The lowest BCUT2D eigenvalue weighted by molar-refractivity contribution is 0.125. The molecule has 0 atom stereocenters. The maximum atomic E-state index is 5.85. The van der Waals surface area contributed by atoms with Gasteiger partial charge in [0.2, 0.25) is 11.8 Å². The number of nitrogens with zero attached hydrogens (tertiary/aromatic N) is 3. The van der Waals surface area contributed by atoms with Gasteiger partial charge in [0.1, 0.15) is 11.4 Å². The lowest BCUT2D eigenvalue weighted by Gasteiger charge is -2.21. The van der Waals surface area contributed by atoms with E-state index in [2.05, 4.69) is 20.4 Å². The molecular weight excluding hydrogens is 258 g/mol. The van der Waals surface area contributed by atoms with E-state index in [4.69, 9.17) is 15.0 Å². The van der Waals surface area contributed by atoms with Gasteiger partial charge in [-0.25, -0.2) is 0 Å². The number of nitrogens with one attached hydrogen (secondary N) is 1. The third kappa shape index (κ3) is 3.84. The first-order valence-corrected chi connectivity index (χ1v) is 6.32. The monoisotopic (exact) mass is 277 g/mol. The Labute approximate surface area is 117 Å². The van der Waals surface area contributed by atoms with Gasteiger partial charge < -0.3 is 20.3 Å². The van der Waals surface area contributed by atoms with Crippen LogP contribution in [0.5, 0.6) is 5.88 Å². The van der Waals surface area contributed by atoms with E-state index >= 15 is 0 Å². The Hall–Kier alpha value is -2.31. The predicted octanol–water partition coefficient (Wildman–Crippen LogP) is 2.14. The average molecular weight is 277 g/mol. The zero-order chi connectivity index (χ0) is 14.8. The van der Waals surface area contributed by atoms with Crippen molar-refractivity contribution >= 4 is 11.5 Å². The number of anilines is 2. The molecule has 0 aliphatic heterocycles. The molecule has 0 unspecified atom stereocenters. The molecule has 0 saturated heterocycles. The molecule has 20 heavy (non-hydrogen) atoms. The molecule has 0 amide bonds. The van der Waals surface area contributed by atoms with Crippen molar-refractivity contribution in [3.05, 3.63) is 23.8 Å². The first-order chi connectivity index (χ1) is 9.33. The molecular formula is C13H19N5O2. The van der Waals surface area contributed by atoms with Gasteiger partial charge in [-0.15, -0.1) is 0 Å². The Morgan fingerprint density at radius 3 is 2.65 bits per heavy atom. The number of nitrogen functional groups attached to an aromatic ring is 1. The number of hydrogen-bond acceptors (Lipinski definition) is 7. The highest BCUT2D eigenvalue weighted by Gasteiger charge is 2.15. The number of hydrogen-bond donors (Lipinski definition) is 2. The molecule has 0 saturated carbocycles. The van der Waals surface area contributed by atoms with Gasteiger partial charge in [-0.1, -0.05) is 5.16 Å². The Morgan fingerprint density at radius 1 is 1.30 bits per heavy atom. The summed E-state index contributed by atoms with van der Waals surface area (Å²) in [5.74, 6) is 2.14. The summed E-state index contributed by atoms with van der Waals surface area (Å²) in [6, 6.07) is 3.52. The third-order valence-corrected chi connectivity index (χ3v) is 2.28. The van der Waals surface area contributed by atoms with E-state index in [1.54, 1.807) is 19.1 Å². The van der Waals surface area contributed by atoms with Crippen LogP contribution < -0.4 is 15.8 Å². The average Bonchev–Trinajstić information content (AvgIpc) is 2.74. The summed E-state index contributed by atoms with van der Waals surface area (Å²) in [6.45, 7) is 7.98. The van der Waals surface area contributed by atoms with E-state index in [-0.39, 0.29) is 5.60 Å². The third-order valence-electron chi connectivity index (χ3n) is 2.28. The highest BCUT2D eigenvalue weighted by Crippen LogP contribution is 2.25. The summed E-state index contributed by atoms with van der Waals surface area (Å²) in [5.41, 5.74) is 5.99. The SMILES string of the molecule is Cc1noc(CNc2ccc(N)c(OC(C)(C)C)n2)n1. The van der Waals surface area contributed by atoms with Crippen molar-refractivity contribution < 1.29 is 9.26 Å². The largest absolute Gasteiger partial charge is 0.470 e. The van der Waals surface area contributed by atoms with Crippen molar-refractivity contribution in [3.8, 4) is 5.88 Å². The van der Waals surface area contributed by atoms with Crippen LogP contribution in [0.3, 0.4) is 0 Å². The van der Waals surface area contributed by atoms with Gasteiger partial charge >= 0.3 is 0 Å². The van der Waals surface area contributed by atoms with Gasteiger partial charge in [0.25, 0.3) is 0 Å². The number of ether oxygens (including phenoxy) is 1. The van der Waals surface area contributed by atoms with E-state index in [0.717, 1.165) is 0 Å². The molecule has 0 fully saturated rings. The van der Waals surface area contributed by atoms with Crippen molar-refractivity contribution in [1.82, 2.24) is 15.1 Å². The summed E-state index contributed by atoms with van der Waals surface area (Å²) >= 11 is 0. The van der Waals surface area contributed by atoms with Gasteiger partial charge in [-0.2, -0.15) is 9.97 Å². The van der Waals surface area contributed by atoms with Crippen molar-refractivity contribution in [2.45, 2.75) is 39.8 Å². The Bertz CT molecular complexity index is 589. The second-order valence-corrected chi connectivity index (χ2v) is 5.39. The lowest BCUT2D eigenvalue weighted by Crippen LogP contribution is -2.24. The van der Waals surface area contributed by atoms with Crippen LogP contribution in [-0.4, -0.2) is 20.7 Å². The maximum absolute atomic E-state index is 5.85. The quantitative estimate of drug-likeness (QED) is 0.883. The maximum Gasteiger partial charge on any atom is 0.245 e. The van der Waals surface area contributed by atoms with Crippen LogP contribution in [0.1, 0.15) is 32.5 Å². The highest BCUT2D eigenvalue weighted by atomic mass is 16.5. The summed E-state index contributed by atoms with van der Waals surface area (Å²) in [5, 5.41) is 6.80. The molecule has 0 aromatic carbocycles. The second kappa shape index (κ2) is 5.36. The van der Waals surface area contributed by atoms with Gasteiger partial charge in [0.15, 0.2) is 5.82 Å². The minimum atomic E-state index is -0.358. The number of aromatic nitrogens is 3. The van der Waals surface area contributed by atoms with E-state index in [1.807, 2.05) is 20.8 Å². The molecule has 0 aliphatic rings. The van der Waals surface area contributed by atoms with Gasteiger partial charge in [-0.3, -0.25) is 0 Å². The zero-order valence-corrected chi connectivity index (χ0v) is 12.1. The molecule has 108 valence electrons. The first-order valence-electron chi connectivity index (χ1n) is 6.32. The fourth-order valence-corrected chi connectivity index (χ4v) is 1.50. The summed E-state index contributed by atoms with van der Waals surface area (Å²) < 4.78 is 10.7. The normalized spacial score (nSPS) is 11.4. The van der Waals surface area contributed by atoms with Crippen LogP contribution in [0.4, 0.5) is 11.5 Å². The fourth-order valence-electron chi connectivity index (χ4n) is 1.50. The Kier molecular flexibility index (Phi) is 3.78. The first kappa shape index (κ1) is 14.1. The van der Waals surface area contributed by atoms with E-state index < -0.39 is 0 Å². The number of nitrogens with two attached hydrogens (primary N) is 1. The molecule has 7 nitrogen and oxygen atoms in total. The minimum absolute atomic E-state index is 0.358. The van der Waals surface area contributed by atoms with Crippen LogP contribution in [0.15, 0.2) is 16.7 Å². The fraction of sp³-hybridized carbons (Fsp3) is 0.462. The van der Waals surface area contributed by atoms with Gasteiger partial charge in [-0.05, 0) is 39.8 Å². The molecule has 0 radical (unpaired) electrons. The molecule has 2 heterocycles. The standard InChI is InChI=1S/C13H19N5O2/c1-8-16-11(20-18-8)7-15-10-6-5-9(14)12(17-10)19-13(2,3)4/h5-6H,7,14H2,1-4H3,(H,15,17). The number of pyridine rings is 1. The Morgan fingerprint density at radius 2 is 2.05 bits per heavy atom. The molecule has 0 bridgehead atoms. The van der Waals surface area contributed by atoms with E-state index in [1.165, 1.54) is 0 Å². The van der Waals surface area contributed by atoms with Crippen LogP contribution >= 0.6 is 0 Å². The van der Waals surface area contributed by atoms with Crippen molar-refractivity contribution in [2.24, 2.45) is 0 Å². The molecule has 7 heteroatoms. The second-order valence-electron chi connectivity index (χ2n) is 5.39. The van der Waals surface area contributed by atoms with Crippen LogP contribution in [-0.2, 0) is 6.54 Å². The lowest BCUT2D eigenvalue weighted by atomic mass is 10.2. The van der Waals surface area contributed by atoms with Crippen molar-refractivity contribution in [2.75, 3.05) is 11.1 Å². The minimum Gasteiger partial charge on any atom is -0.470 e. The summed E-state index contributed by atoms with van der Waals surface area (Å²) in [4.78, 5) is 8.43. The topological polar surface area (TPSA) is 99.1 Å². The van der Waals surface area contributed by atoms with Crippen molar-refractivity contribution in [3.63, 3.8) is 0 Å². The molecule has 2 aromatic rings. The summed E-state index contributed by atoms with van der Waals surface area (Å²) in [7, 11) is 0. The van der Waals surface area contributed by atoms with Crippen LogP contribution in [0.25, 0.3) is 0 Å². The molecule has 0 aliphatic carbocycles. The van der Waals surface area contributed by atoms with Crippen molar-refractivity contribution in [1.29, 1.82) is 0 Å². The van der Waals surface area contributed by atoms with Crippen LogP contribution in [0, 0.1) is 6.92 Å². The van der Waals surface area contributed by atoms with Gasteiger partial charge in [0, 0.05) is 0 Å². The molecule has 3 N–H and O–H groups in total. The van der Waals surface area contributed by atoms with E-state index in [9.17, 15) is 0 Å². The van der Waals surface area contributed by atoms with E-state index in [0.29, 0.717) is 35.6 Å². The number of rotatable bonds is 4. The zero-order valence-electron chi connectivity index (χ0n) is 12.1. The highest BCUT2D eigenvalue weighted by molar-refractivity contribution is 5.53. The smallest absolute Gasteiger partial charge is 0.245 e. The molecule has 2 aromatic heterocycles. The molecule has 2 rings (SSSR count). The predicted molar refractivity (Wildman–Crippen MR) is 75.4 cm³/mol. The van der Waals surface area contributed by atoms with Crippen LogP contribution in [0.2, 0.25) is 0 Å². The van der Waals surface area contributed by atoms with Gasteiger partial charge in [0.05, 0.1) is 12.2 Å². The number of aryl methyl sites for hydroxylation is 1. The molecule has 0 spiro atoms. The Balaban J connectivity index is 2.07.